The number of carbonyl (C=O) groups excluding carboxylic acids is 1. The zero-order chi connectivity index (χ0) is 16.9. The number of hydrogen-bond donors (Lipinski definition) is 1. The molecule has 2 aliphatic heterocycles. The molecule has 2 saturated heterocycles. The Kier molecular flexibility index (Phi) is 7.04. The second-order valence-electron chi connectivity index (χ2n) is 7.62. The fourth-order valence-corrected chi connectivity index (χ4v) is 4.25. The van der Waals surface area contributed by atoms with Gasteiger partial charge in [0.1, 0.15) is 5.60 Å². The maximum absolute atomic E-state index is 12.4. The SMILES string of the molecule is CC(CC1COCCN1C(=O)OC(C)(C)C)NC1CCCSC1. The lowest BCUT2D eigenvalue weighted by atomic mass is 10.0. The van der Waals surface area contributed by atoms with Crippen LogP contribution in [0.4, 0.5) is 4.79 Å². The summed E-state index contributed by atoms with van der Waals surface area (Å²) in [4.78, 5) is 14.3. The first kappa shape index (κ1) is 18.9. The minimum Gasteiger partial charge on any atom is -0.444 e. The van der Waals surface area contributed by atoms with E-state index in [2.05, 4.69) is 12.2 Å². The number of thioether (sulfide) groups is 1. The Morgan fingerprint density at radius 2 is 2.26 bits per heavy atom. The summed E-state index contributed by atoms with van der Waals surface area (Å²) < 4.78 is 11.1. The predicted molar refractivity (Wildman–Crippen MR) is 95.1 cm³/mol. The summed E-state index contributed by atoms with van der Waals surface area (Å²) in [5, 5.41) is 3.72. The molecule has 6 heteroatoms. The average Bonchev–Trinajstić information content (AvgIpc) is 2.47. The second kappa shape index (κ2) is 8.58. The number of amides is 1. The molecule has 2 rings (SSSR count). The van der Waals surface area contributed by atoms with Gasteiger partial charge in [0.2, 0.25) is 0 Å². The van der Waals surface area contributed by atoms with E-state index in [1.165, 1.54) is 24.3 Å². The molecule has 0 aromatic rings. The first-order chi connectivity index (χ1) is 10.8. The summed E-state index contributed by atoms with van der Waals surface area (Å²) >= 11 is 2.03. The Bertz CT molecular complexity index is 381. The van der Waals surface area contributed by atoms with Crippen molar-refractivity contribution in [1.29, 1.82) is 0 Å². The Morgan fingerprint density at radius 3 is 2.91 bits per heavy atom. The van der Waals surface area contributed by atoms with Crippen molar-refractivity contribution in [2.24, 2.45) is 0 Å². The van der Waals surface area contributed by atoms with E-state index in [9.17, 15) is 4.79 Å². The lowest BCUT2D eigenvalue weighted by molar-refractivity contribution is -0.0357. The molecule has 1 amide bonds. The van der Waals surface area contributed by atoms with Crippen molar-refractivity contribution < 1.29 is 14.3 Å². The molecule has 0 saturated carbocycles. The number of carbonyl (C=O) groups is 1. The van der Waals surface area contributed by atoms with Gasteiger partial charge in [-0.1, -0.05) is 0 Å². The zero-order valence-corrected chi connectivity index (χ0v) is 15.8. The molecule has 1 N–H and O–H groups in total. The van der Waals surface area contributed by atoms with Gasteiger partial charge in [0.05, 0.1) is 19.3 Å². The van der Waals surface area contributed by atoms with Crippen LogP contribution in [0, 0.1) is 0 Å². The van der Waals surface area contributed by atoms with Gasteiger partial charge in [-0.3, -0.25) is 0 Å². The van der Waals surface area contributed by atoms with Crippen LogP contribution in [0.15, 0.2) is 0 Å². The van der Waals surface area contributed by atoms with Crippen LogP contribution in [0.2, 0.25) is 0 Å². The lowest BCUT2D eigenvalue weighted by Crippen LogP contribution is -2.53. The molecule has 0 bridgehead atoms. The van der Waals surface area contributed by atoms with Gasteiger partial charge in [-0.2, -0.15) is 11.8 Å². The molecule has 5 nitrogen and oxygen atoms in total. The molecule has 2 fully saturated rings. The van der Waals surface area contributed by atoms with E-state index in [1.807, 2.05) is 37.4 Å². The van der Waals surface area contributed by atoms with Crippen LogP contribution in [0.3, 0.4) is 0 Å². The van der Waals surface area contributed by atoms with Gasteiger partial charge in [-0.05, 0) is 52.7 Å². The highest BCUT2D eigenvalue weighted by atomic mass is 32.2. The molecule has 0 radical (unpaired) electrons. The molecular weight excluding hydrogens is 312 g/mol. The molecule has 3 unspecified atom stereocenters. The number of hydrogen-bond acceptors (Lipinski definition) is 5. The van der Waals surface area contributed by atoms with E-state index in [1.54, 1.807) is 0 Å². The number of ether oxygens (including phenoxy) is 2. The smallest absolute Gasteiger partial charge is 0.410 e. The summed E-state index contributed by atoms with van der Waals surface area (Å²) in [7, 11) is 0. The van der Waals surface area contributed by atoms with Crippen molar-refractivity contribution in [2.75, 3.05) is 31.3 Å². The van der Waals surface area contributed by atoms with Crippen LogP contribution in [0.5, 0.6) is 0 Å². The topological polar surface area (TPSA) is 50.8 Å². The Balaban J connectivity index is 1.85. The number of nitrogens with one attached hydrogen (secondary N) is 1. The molecule has 0 aromatic carbocycles. The number of morpholine rings is 1. The summed E-state index contributed by atoms with van der Waals surface area (Å²) in [5.74, 6) is 2.48. The van der Waals surface area contributed by atoms with Gasteiger partial charge in [0.15, 0.2) is 0 Å². The first-order valence-corrected chi connectivity index (χ1v) is 9.92. The van der Waals surface area contributed by atoms with Gasteiger partial charge in [0, 0.05) is 24.4 Å². The second-order valence-corrected chi connectivity index (χ2v) is 8.77. The first-order valence-electron chi connectivity index (χ1n) is 8.76. The van der Waals surface area contributed by atoms with Crippen LogP contribution in [0.1, 0.15) is 47.0 Å². The predicted octanol–water partition coefficient (Wildman–Crippen LogP) is 2.89. The van der Waals surface area contributed by atoms with Crippen LogP contribution in [-0.2, 0) is 9.47 Å². The molecule has 0 spiro atoms. The van der Waals surface area contributed by atoms with Gasteiger partial charge in [-0.15, -0.1) is 0 Å². The van der Waals surface area contributed by atoms with Crippen LogP contribution < -0.4 is 5.32 Å². The third-order valence-electron chi connectivity index (χ3n) is 4.16. The minimum absolute atomic E-state index is 0.0948. The largest absolute Gasteiger partial charge is 0.444 e. The van der Waals surface area contributed by atoms with E-state index in [0.717, 1.165) is 6.42 Å². The molecule has 0 aromatic heterocycles. The summed E-state index contributed by atoms with van der Waals surface area (Å²) in [6, 6.07) is 1.07. The highest BCUT2D eigenvalue weighted by Crippen LogP contribution is 2.20. The van der Waals surface area contributed by atoms with Gasteiger partial charge in [0.25, 0.3) is 0 Å². The Morgan fingerprint density at radius 1 is 1.48 bits per heavy atom. The molecule has 134 valence electrons. The van der Waals surface area contributed by atoms with Crippen molar-refractivity contribution in [3.8, 4) is 0 Å². The van der Waals surface area contributed by atoms with E-state index in [-0.39, 0.29) is 12.1 Å². The maximum Gasteiger partial charge on any atom is 0.410 e. The molecule has 23 heavy (non-hydrogen) atoms. The molecule has 3 atom stereocenters. The third kappa shape index (κ3) is 6.51. The lowest BCUT2D eigenvalue weighted by Gasteiger charge is -2.38. The van der Waals surface area contributed by atoms with Crippen molar-refractivity contribution in [3.05, 3.63) is 0 Å². The van der Waals surface area contributed by atoms with E-state index < -0.39 is 5.60 Å². The Labute approximate surface area is 144 Å². The number of nitrogens with zero attached hydrogens (tertiary/aromatic N) is 1. The fourth-order valence-electron chi connectivity index (χ4n) is 3.16. The monoisotopic (exact) mass is 344 g/mol. The summed E-state index contributed by atoms with van der Waals surface area (Å²) in [5.41, 5.74) is -0.455. The molecular formula is C17H32N2O3S. The average molecular weight is 345 g/mol. The quantitative estimate of drug-likeness (QED) is 0.850. The van der Waals surface area contributed by atoms with Crippen LogP contribution in [0.25, 0.3) is 0 Å². The van der Waals surface area contributed by atoms with E-state index in [0.29, 0.717) is 31.8 Å². The van der Waals surface area contributed by atoms with Gasteiger partial charge < -0.3 is 19.7 Å². The van der Waals surface area contributed by atoms with Crippen LogP contribution in [-0.4, -0.2) is 66.0 Å². The minimum atomic E-state index is -0.455. The highest BCUT2D eigenvalue weighted by Gasteiger charge is 2.32. The van der Waals surface area contributed by atoms with E-state index in [4.69, 9.17) is 9.47 Å². The summed E-state index contributed by atoms with van der Waals surface area (Å²) in [6.45, 7) is 9.75. The third-order valence-corrected chi connectivity index (χ3v) is 5.38. The highest BCUT2D eigenvalue weighted by molar-refractivity contribution is 7.99. The number of rotatable bonds is 4. The fraction of sp³-hybridized carbons (Fsp3) is 0.941. The Hall–Kier alpha value is -0.460. The standard InChI is InChI=1S/C17H32N2O3S/c1-13(18-14-6-5-9-23-12-14)10-15-11-21-8-7-19(15)16(20)22-17(2,3)4/h13-15,18H,5-12H2,1-4H3. The molecule has 0 aliphatic carbocycles. The zero-order valence-electron chi connectivity index (χ0n) is 15.0. The summed E-state index contributed by atoms with van der Waals surface area (Å²) in [6.07, 6.45) is 3.24. The van der Waals surface area contributed by atoms with Crippen molar-refractivity contribution >= 4 is 17.9 Å². The van der Waals surface area contributed by atoms with E-state index >= 15 is 0 Å². The van der Waals surface area contributed by atoms with Crippen molar-refractivity contribution in [1.82, 2.24) is 10.2 Å². The molecule has 2 aliphatic rings. The maximum atomic E-state index is 12.4. The van der Waals surface area contributed by atoms with Crippen molar-refractivity contribution in [2.45, 2.75) is 70.7 Å². The van der Waals surface area contributed by atoms with Crippen molar-refractivity contribution in [3.63, 3.8) is 0 Å². The van der Waals surface area contributed by atoms with Gasteiger partial charge >= 0.3 is 6.09 Å². The molecule has 2 heterocycles. The van der Waals surface area contributed by atoms with Gasteiger partial charge in [-0.25, -0.2) is 4.79 Å². The normalized spacial score (nSPS) is 27.6. The van der Waals surface area contributed by atoms with Crippen LogP contribution >= 0.6 is 11.8 Å².